The van der Waals surface area contributed by atoms with Crippen molar-refractivity contribution < 1.29 is 0 Å². The lowest BCUT2D eigenvalue weighted by atomic mass is 10.2. The highest BCUT2D eigenvalue weighted by atomic mass is 127. The molecule has 0 amide bonds. The maximum Gasteiger partial charge on any atom is 0.191 e. The molecule has 124 valence electrons. The van der Waals surface area contributed by atoms with Crippen molar-refractivity contribution in [3.63, 3.8) is 0 Å². The van der Waals surface area contributed by atoms with Gasteiger partial charge in [-0.3, -0.25) is 9.89 Å². The molecule has 2 rings (SSSR count). The lowest BCUT2D eigenvalue weighted by Crippen LogP contribution is -2.41. The predicted molar refractivity (Wildman–Crippen MR) is 105 cm³/mol. The highest BCUT2D eigenvalue weighted by Gasteiger charge is 2.27. The van der Waals surface area contributed by atoms with Crippen molar-refractivity contribution >= 4 is 41.5 Å². The molecular formula is C16H26ClIN4. The molecule has 4 nitrogen and oxygen atoms in total. The third-order valence-corrected chi connectivity index (χ3v) is 4.01. The smallest absolute Gasteiger partial charge is 0.191 e. The molecule has 22 heavy (non-hydrogen) atoms. The summed E-state index contributed by atoms with van der Waals surface area (Å²) >= 11 is 5.88. The normalized spacial score (nSPS) is 14.6. The van der Waals surface area contributed by atoms with Crippen molar-refractivity contribution in [2.75, 3.05) is 26.7 Å². The fourth-order valence-electron chi connectivity index (χ4n) is 2.37. The van der Waals surface area contributed by atoms with Gasteiger partial charge in [0, 0.05) is 37.7 Å². The van der Waals surface area contributed by atoms with Gasteiger partial charge in [-0.15, -0.1) is 24.0 Å². The van der Waals surface area contributed by atoms with Gasteiger partial charge in [0.25, 0.3) is 0 Å². The minimum atomic E-state index is 0. The van der Waals surface area contributed by atoms with Crippen LogP contribution in [0.2, 0.25) is 5.02 Å². The number of nitrogens with zero attached hydrogens (tertiary/aromatic N) is 2. The Morgan fingerprint density at radius 2 is 1.95 bits per heavy atom. The number of benzene rings is 1. The van der Waals surface area contributed by atoms with Crippen molar-refractivity contribution in [3.05, 3.63) is 34.9 Å². The van der Waals surface area contributed by atoms with E-state index in [1.807, 2.05) is 24.3 Å². The Bertz CT molecular complexity index is 460. The molecular weight excluding hydrogens is 411 g/mol. The summed E-state index contributed by atoms with van der Waals surface area (Å²) in [6.45, 7) is 6.10. The van der Waals surface area contributed by atoms with Gasteiger partial charge in [-0.2, -0.15) is 0 Å². The molecule has 0 aliphatic heterocycles. The van der Waals surface area contributed by atoms with Gasteiger partial charge >= 0.3 is 0 Å². The van der Waals surface area contributed by atoms with Crippen LogP contribution in [-0.4, -0.2) is 43.6 Å². The maximum absolute atomic E-state index is 5.88. The molecule has 0 spiro atoms. The molecule has 1 aromatic rings. The number of hydrogen-bond donors (Lipinski definition) is 2. The van der Waals surface area contributed by atoms with E-state index in [-0.39, 0.29) is 24.0 Å². The molecule has 1 saturated carbocycles. The van der Waals surface area contributed by atoms with E-state index < -0.39 is 0 Å². The Morgan fingerprint density at radius 1 is 1.27 bits per heavy atom. The van der Waals surface area contributed by atoms with Crippen LogP contribution in [0.25, 0.3) is 0 Å². The zero-order valence-corrected chi connectivity index (χ0v) is 16.4. The molecule has 0 saturated heterocycles. The van der Waals surface area contributed by atoms with Crippen LogP contribution in [0.15, 0.2) is 29.3 Å². The number of nitrogens with one attached hydrogen (secondary N) is 2. The third-order valence-electron chi connectivity index (χ3n) is 3.76. The van der Waals surface area contributed by atoms with E-state index in [9.17, 15) is 0 Å². The Labute approximate surface area is 155 Å². The van der Waals surface area contributed by atoms with Crippen molar-refractivity contribution in [1.29, 1.82) is 0 Å². The molecule has 1 aliphatic rings. The van der Waals surface area contributed by atoms with Crippen LogP contribution in [-0.2, 0) is 6.54 Å². The highest BCUT2D eigenvalue weighted by molar-refractivity contribution is 14.0. The second-order valence-corrected chi connectivity index (χ2v) is 5.78. The summed E-state index contributed by atoms with van der Waals surface area (Å²) in [7, 11) is 1.80. The van der Waals surface area contributed by atoms with Gasteiger partial charge in [-0.25, -0.2) is 0 Å². The minimum Gasteiger partial charge on any atom is -0.355 e. The second-order valence-electron chi connectivity index (χ2n) is 5.34. The van der Waals surface area contributed by atoms with Crippen molar-refractivity contribution in [2.24, 2.45) is 4.99 Å². The van der Waals surface area contributed by atoms with Gasteiger partial charge in [0.1, 0.15) is 0 Å². The largest absolute Gasteiger partial charge is 0.355 e. The summed E-state index contributed by atoms with van der Waals surface area (Å²) in [6, 6.07) is 8.68. The van der Waals surface area contributed by atoms with Crippen molar-refractivity contribution in [1.82, 2.24) is 15.5 Å². The number of hydrogen-bond acceptors (Lipinski definition) is 2. The predicted octanol–water partition coefficient (Wildman–Crippen LogP) is 3.11. The molecule has 0 radical (unpaired) electrons. The zero-order chi connectivity index (χ0) is 15.1. The maximum atomic E-state index is 5.88. The SMILES string of the molecule is CCN(CCNC(=NC)NCc1ccc(Cl)cc1)C1CC1.I. The van der Waals surface area contributed by atoms with Gasteiger partial charge < -0.3 is 10.6 Å². The summed E-state index contributed by atoms with van der Waals surface area (Å²) in [5.74, 6) is 0.844. The Kier molecular flexibility index (Phi) is 9.12. The fourth-order valence-corrected chi connectivity index (χ4v) is 2.49. The van der Waals surface area contributed by atoms with Crippen LogP contribution in [0.5, 0.6) is 0 Å². The third kappa shape index (κ3) is 6.71. The first kappa shape index (κ1) is 19.5. The molecule has 6 heteroatoms. The number of halogens is 2. The van der Waals surface area contributed by atoms with Gasteiger partial charge in [-0.05, 0) is 37.1 Å². The van der Waals surface area contributed by atoms with Gasteiger partial charge in [0.2, 0.25) is 0 Å². The Morgan fingerprint density at radius 3 is 2.50 bits per heavy atom. The van der Waals surface area contributed by atoms with Crippen LogP contribution < -0.4 is 10.6 Å². The van der Waals surface area contributed by atoms with E-state index in [4.69, 9.17) is 11.6 Å². The van der Waals surface area contributed by atoms with Crippen molar-refractivity contribution in [3.8, 4) is 0 Å². The van der Waals surface area contributed by atoms with Crippen LogP contribution >= 0.6 is 35.6 Å². The Hall–Kier alpha value is -0.530. The van der Waals surface area contributed by atoms with E-state index in [1.165, 1.54) is 18.4 Å². The molecule has 2 N–H and O–H groups in total. The monoisotopic (exact) mass is 436 g/mol. The first-order valence-corrected chi connectivity index (χ1v) is 8.03. The van der Waals surface area contributed by atoms with Crippen molar-refractivity contribution in [2.45, 2.75) is 32.4 Å². The van der Waals surface area contributed by atoms with Gasteiger partial charge in [0.15, 0.2) is 5.96 Å². The summed E-state index contributed by atoms with van der Waals surface area (Å²) in [5.41, 5.74) is 1.19. The van der Waals surface area contributed by atoms with Crippen LogP contribution in [0.4, 0.5) is 0 Å². The Balaban J connectivity index is 0.00000242. The first-order valence-electron chi connectivity index (χ1n) is 7.66. The number of rotatable bonds is 7. The lowest BCUT2D eigenvalue weighted by molar-refractivity contribution is 0.282. The standard InChI is InChI=1S/C16H25ClN4.HI/c1-3-21(15-8-9-15)11-10-19-16(18-2)20-12-13-4-6-14(17)7-5-13;/h4-7,15H,3,8-12H2,1-2H3,(H2,18,19,20);1H. The molecule has 1 aromatic carbocycles. The van der Waals surface area contributed by atoms with E-state index in [1.54, 1.807) is 7.05 Å². The highest BCUT2D eigenvalue weighted by Crippen LogP contribution is 2.25. The van der Waals surface area contributed by atoms with Gasteiger partial charge in [0.05, 0.1) is 0 Å². The summed E-state index contributed by atoms with van der Waals surface area (Å²) in [4.78, 5) is 6.78. The topological polar surface area (TPSA) is 39.7 Å². The van der Waals surface area contributed by atoms with E-state index >= 15 is 0 Å². The molecule has 0 heterocycles. The molecule has 1 aliphatic carbocycles. The van der Waals surface area contributed by atoms with E-state index in [2.05, 4.69) is 27.4 Å². The van der Waals surface area contributed by atoms with Crippen LogP contribution in [0, 0.1) is 0 Å². The molecule has 0 unspecified atom stereocenters. The molecule has 0 bridgehead atoms. The average molecular weight is 437 g/mol. The second kappa shape index (κ2) is 10.3. The summed E-state index contributed by atoms with van der Waals surface area (Å²) < 4.78 is 0. The van der Waals surface area contributed by atoms with Crippen LogP contribution in [0.1, 0.15) is 25.3 Å². The number of aliphatic imine (C=N–C) groups is 1. The number of guanidine groups is 1. The zero-order valence-electron chi connectivity index (χ0n) is 13.3. The number of likely N-dealkylation sites (N-methyl/N-ethyl adjacent to an activating group) is 1. The van der Waals surface area contributed by atoms with Crippen LogP contribution in [0.3, 0.4) is 0 Å². The first-order chi connectivity index (χ1) is 10.2. The summed E-state index contributed by atoms with van der Waals surface area (Å²) in [6.07, 6.45) is 2.72. The summed E-state index contributed by atoms with van der Waals surface area (Å²) in [5, 5.41) is 7.45. The lowest BCUT2D eigenvalue weighted by Gasteiger charge is -2.20. The van der Waals surface area contributed by atoms with E-state index in [0.717, 1.165) is 43.2 Å². The van der Waals surface area contributed by atoms with Gasteiger partial charge in [-0.1, -0.05) is 30.7 Å². The molecule has 1 fully saturated rings. The quantitative estimate of drug-likeness (QED) is 0.392. The van der Waals surface area contributed by atoms with E-state index in [0.29, 0.717) is 0 Å². The molecule has 0 aromatic heterocycles. The fraction of sp³-hybridized carbons (Fsp3) is 0.562. The average Bonchev–Trinajstić information content (AvgIpc) is 3.33. The molecule has 0 atom stereocenters. The minimum absolute atomic E-state index is 0.